The monoisotopic (exact) mass is 437 g/mol. The molecule has 7 heteroatoms. The highest BCUT2D eigenvalue weighted by molar-refractivity contribution is 5.86. The number of piperazine rings is 1. The van der Waals surface area contributed by atoms with E-state index in [1.54, 1.807) is 0 Å². The second-order valence-corrected chi connectivity index (χ2v) is 7.50. The Morgan fingerprint density at radius 1 is 0.889 bits per heavy atom. The summed E-state index contributed by atoms with van der Waals surface area (Å²) in [7, 11) is 0. The zero-order valence-electron chi connectivity index (χ0n) is 16.1. The summed E-state index contributed by atoms with van der Waals surface area (Å²) in [5, 5.41) is 0. The van der Waals surface area contributed by atoms with Crippen LogP contribution in [-0.4, -0.2) is 68.3 Å². The minimum Gasteiger partial charge on any atom is -0.490 e. The third-order valence-corrected chi connectivity index (χ3v) is 5.90. The van der Waals surface area contributed by atoms with Crippen molar-refractivity contribution in [2.45, 2.75) is 38.1 Å². The van der Waals surface area contributed by atoms with E-state index in [9.17, 15) is 0 Å². The highest BCUT2D eigenvalue weighted by Gasteiger charge is 2.28. The number of rotatable bonds is 5. The van der Waals surface area contributed by atoms with Crippen LogP contribution in [0, 0.1) is 0 Å². The molecule has 3 aliphatic rings. The summed E-state index contributed by atoms with van der Waals surface area (Å²) in [6.07, 6.45) is 6.86. The van der Waals surface area contributed by atoms with Gasteiger partial charge in [-0.1, -0.05) is 18.6 Å². The molecule has 0 N–H and O–H groups in total. The third kappa shape index (κ3) is 6.30. The predicted octanol–water partition coefficient (Wildman–Crippen LogP) is 4.10. The van der Waals surface area contributed by atoms with E-state index >= 15 is 0 Å². The average Bonchev–Trinajstić information content (AvgIpc) is 2.65. The lowest BCUT2D eigenvalue weighted by Gasteiger charge is -2.44. The SMILES string of the molecule is Cl.Cl.Cl.c1ccc2c(c1)OCCN2CCCCN1CCN2CCCCC2C1. The first kappa shape index (κ1) is 24.6. The normalized spacial score (nSPS) is 22.2. The van der Waals surface area contributed by atoms with Crippen LogP contribution < -0.4 is 9.64 Å². The fourth-order valence-electron chi connectivity index (χ4n) is 4.52. The van der Waals surface area contributed by atoms with Gasteiger partial charge in [-0.3, -0.25) is 4.90 Å². The van der Waals surface area contributed by atoms with Crippen LogP contribution in [0.3, 0.4) is 0 Å². The minimum atomic E-state index is 0. The minimum absolute atomic E-state index is 0. The standard InChI is InChI=1S/C20H31N3O.3ClH/c1-2-9-20-19(8-1)23(15-16-24-20)12-6-5-10-21-13-14-22-11-4-3-7-18(22)17-21;;;/h1-2,8-9,18H,3-7,10-17H2;3*1H. The maximum Gasteiger partial charge on any atom is 0.142 e. The molecule has 27 heavy (non-hydrogen) atoms. The van der Waals surface area contributed by atoms with Crippen LogP contribution >= 0.6 is 37.2 Å². The highest BCUT2D eigenvalue weighted by atomic mass is 35.5. The zero-order valence-corrected chi connectivity index (χ0v) is 18.5. The van der Waals surface area contributed by atoms with Crippen molar-refractivity contribution in [2.24, 2.45) is 0 Å². The van der Waals surface area contributed by atoms with Crippen molar-refractivity contribution in [1.29, 1.82) is 0 Å². The van der Waals surface area contributed by atoms with Gasteiger partial charge in [0.25, 0.3) is 0 Å². The van der Waals surface area contributed by atoms with Crippen LogP contribution in [0.15, 0.2) is 24.3 Å². The predicted molar refractivity (Wildman–Crippen MR) is 121 cm³/mol. The summed E-state index contributed by atoms with van der Waals surface area (Å²) in [6, 6.07) is 9.30. The number of fused-ring (bicyclic) bond motifs is 2. The van der Waals surface area contributed by atoms with Gasteiger partial charge in [-0.15, -0.1) is 37.2 Å². The van der Waals surface area contributed by atoms with Gasteiger partial charge >= 0.3 is 0 Å². The number of benzene rings is 1. The number of hydrogen-bond acceptors (Lipinski definition) is 4. The smallest absolute Gasteiger partial charge is 0.142 e. The van der Waals surface area contributed by atoms with Gasteiger partial charge in [0.2, 0.25) is 0 Å². The first-order chi connectivity index (χ1) is 11.9. The van der Waals surface area contributed by atoms with E-state index in [2.05, 4.69) is 39.0 Å². The fourth-order valence-corrected chi connectivity index (χ4v) is 4.52. The molecule has 0 radical (unpaired) electrons. The molecule has 0 bridgehead atoms. The lowest BCUT2D eigenvalue weighted by atomic mass is 9.99. The van der Waals surface area contributed by atoms with E-state index in [0.29, 0.717) is 0 Å². The average molecular weight is 439 g/mol. The molecule has 3 aliphatic heterocycles. The zero-order chi connectivity index (χ0) is 16.2. The van der Waals surface area contributed by atoms with Crippen LogP contribution in [0.4, 0.5) is 5.69 Å². The second kappa shape index (κ2) is 12.2. The second-order valence-electron chi connectivity index (χ2n) is 7.50. The van der Waals surface area contributed by atoms with Crippen molar-refractivity contribution in [2.75, 3.05) is 57.3 Å². The lowest BCUT2D eigenvalue weighted by Crippen LogP contribution is -2.54. The van der Waals surface area contributed by atoms with Crippen LogP contribution in [0.25, 0.3) is 0 Å². The Labute approximate surface area is 182 Å². The summed E-state index contributed by atoms with van der Waals surface area (Å²) in [4.78, 5) is 7.93. The third-order valence-electron chi connectivity index (χ3n) is 5.90. The molecule has 0 aliphatic carbocycles. The Bertz CT molecular complexity index is 549. The van der Waals surface area contributed by atoms with Gasteiger partial charge in [0.05, 0.1) is 12.2 Å². The number of anilines is 1. The van der Waals surface area contributed by atoms with Crippen LogP contribution in [0.5, 0.6) is 5.75 Å². The molecule has 2 saturated heterocycles. The summed E-state index contributed by atoms with van der Waals surface area (Å²) in [6.45, 7) is 9.49. The fraction of sp³-hybridized carbons (Fsp3) is 0.700. The van der Waals surface area contributed by atoms with E-state index < -0.39 is 0 Å². The van der Waals surface area contributed by atoms with Crippen molar-refractivity contribution in [1.82, 2.24) is 9.80 Å². The van der Waals surface area contributed by atoms with Crippen molar-refractivity contribution in [3.8, 4) is 5.75 Å². The summed E-state index contributed by atoms with van der Waals surface area (Å²) >= 11 is 0. The van der Waals surface area contributed by atoms with Crippen LogP contribution in [0.2, 0.25) is 0 Å². The van der Waals surface area contributed by atoms with Gasteiger partial charge in [0, 0.05) is 32.2 Å². The molecular weight excluding hydrogens is 405 g/mol. The lowest BCUT2D eigenvalue weighted by molar-refractivity contribution is 0.0488. The number of ether oxygens (including phenoxy) is 1. The highest BCUT2D eigenvalue weighted by Crippen LogP contribution is 2.31. The van der Waals surface area contributed by atoms with E-state index in [-0.39, 0.29) is 37.2 Å². The number of piperidine rings is 1. The van der Waals surface area contributed by atoms with Gasteiger partial charge in [-0.05, 0) is 50.9 Å². The molecule has 1 atom stereocenters. The molecule has 0 amide bonds. The van der Waals surface area contributed by atoms with Crippen molar-refractivity contribution in [3.05, 3.63) is 24.3 Å². The largest absolute Gasteiger partial charge is 0.490 e. The van der Waals surface area contributed by atoms with Gasteiger partial charge in [-0.25, -0.2) is 0 Å². The van der Waals surface area contributed by atoms with Gasteiger partial charge in [-0.2, -0.15) is 0 Å². The summed E-state index contributed by atoms with van der Waals surface area (Å²) < 4.78 is 5.75. The molecule has 1 unspecified atom stereocenters. The topological polar surface area (TPSA) is 19.0 Å². The molecule has 1 aromatic carbocycles. The van der Waals surface area contributed by atoms with Crippen LogP contribution in [-0.2, 0) is 0 Å². The number of unbranched alkanes of at least 4 members (excludes halogenated alkanes) is 1. The van der Waals surface area contributed by atoms with E-state index in [0.717, 1.165) is 31.5 Å². The summed E-state index contributed by atoms with van der Waals surface area (Å²) in [5.41, 5.74) is 1.28. The maximum atomic E-state index is 5.75. The van der Waals surface area contributed by atoms with Crippen LogP contribution in [0.1, 0.15) is 32.1 Å². The van der Waals surface area contributed by atoms with Crippen molar-refractivity contribution in [3.63, 3.8) is 0 Å². The summed E-state index contributed by atoms with van der Waals surface area (Å²) in [5.74, 6) is 1.05. The van der Waals surface area contributed by atoms with E-state index in [4.69, 9.17) is 4.74 Å². The van der Waals surface area contributed by atoms with E-state index in [1.807, 2.05) is 0 Å². The Balaban J connectivity index is 0.00000121. The van der Waals surface area contributed by atoms with Crippen molar-refractivity contribution < 1.29 is 4.74 Å². The quantitative estimate of drug-likeness (QED) is 0.644. The Kier molecular flexibility index (Phi) is 11.2. The Morgan fingerprint density at radius 2 is 1.70 bits per heavy atom. The molecule has 1 aromatic rings. The molecule has 0 spiro atoms. The van der Waals surface area contributed by atoms with E-state index in [1.165, 1.54) is 70.5 Å². The number of nitrogens with zero attached hydrogens (tertiary/aromatic N) is 3. The Hall–Kier alpha value is -0.390. The maximum absolute atomic E-state index is 5.75. The molecule has 2 fully saturated rings. The molecule has 4 rings (SSSR count). The first-order valence-electron chi connectivity index (χ1n) is 9.83. The van der Waals surface area contributed by atoms with Gasteiger partial charge in [0.1, 0.15) is 12.4 Å². The van der Waals surface area contributed by atoms with Crippen molar-refractivity contribution >= 4 is 42.9 Å². The number of para-hydroxylation sites is 2. The molecular formula is C20H34Cl3N3O. The molecule has 4 nitrogen and oxygen atoms in total. The molecule has 0 aromatic heterocycles. The Morgan fingerprint density at radius 3 is 2.59 bits per heavy atom. The number of hydrogen-bond donors (Lipinski definition) is 0. The van der Waals surface area contributed by atoms with Gasteiger partial charge in [0.15, 0.2) is 0 Å². The number of halogens is 3. The first-order valence-corrected chi connectivity index (χ1v) is 9.83. The van der Waals surface area contributed by atoms with Gasteiger partial charge < -0.3 is 14.5 Å². The molecule has 0 saturated carbocycles. The molecule has 156 valence electrons. The molecule has 3 heterocycles.